The second-order valence-corrected chi connectivity index (χ2v) is 7.77. The van der Waals surface area contributed by atoms with Crippen molar-refractivity contribution < 1.29 is 9.47 Å². The number of benzene rings is 1. The second-order valence-electron chi connectivity index (χ2n) is 7.77. The largest absolute Gasteiger partial charge is 0.493 e. The van der Waals surface area contributed by atoms with Gasteiger partial charge in [0.25, 0.3) is 0 Å². The Morgan fingerprint density at radius 2 is 2.14 bits per heavy atom. The number of nitrogens with zero attached hydrogens (tertiary/aromatic N) is 3. The minimum absolute atomic E-state index is 0.0202. The predicted molar refractivity (Wildman–Crippen MR) is 111 cm³/mol. The van der Waals surface area contributed by atoms with Gasteiger partial charge in [-0.25, -0.2) is 4.98 Å². The van der Waals surface area contributed by atoms with E-state index in [9.17, 15) is 0 Å². The lowest BCUT2D eigenvalue weighted by Crippen LogP contribution is -2.38. The van der Waals surface area contributed by atoms with Crippen molar-refractivity contribution in [3.63, 3.8) is 0 Å². The van der Waals surface area contributed by atoms with Crippen molar-refractivity contribution in [2.75, 3.05) is 26.3 Å². The van der Waals surface area contributed by atoms with Crippen LogP contribution in [-0.2, 0) is 17.7 Å². The smallest absolute Gasteiger partial charge is 0.120 e. The van der Waals surface area contributed by atoms with E-state index in [1.54, 1.807) is 6.20 Å². The molecule has 2 N–H and O–H groups in total. The Labute approximate surface area is 171 Å². The SMILES string of the molecule is CC(C)c1ccc(OCCc2cc([C@H]3CN(Cc4ncc[nH]4)CCO3)n[nH]2)cc1. The van der Waals surface area contributed by atoms with Gasteiger partial charge in [-0.1, -0.05) is 26.0 Å². The van der Waals surface area contributed by atoms with Gasteiger partial charge < -0.3 is 14.5 Å². The Kier molecular flexibility index (Phi) is 6.27. The summed E-state index contributed by atoms with van der Waals surface area (Å²) in [4.78, 5) is 9.81. The molecule has 7 nitrogen and oxygen atoms in total. The Hall–Kier alpha value is -2.64. The highest BCUT2D eigenvalue weighted by molar-refractivity contribution is 5.29. The topological polar surface area (TPSA) is 79.1 Å². The molecule has 1 fully saturated rings. The number of H-pyrrole nitrogens is 2. The van der Waals surface area contributed by atoms with Crippen LogP contribution in [0.4, 0.5) is 0 Å². The predicted octanol–water partition coefficient (Wildman–Crippen LogP) is 3.45. The summed E-state index contributed by atoms with van der Waals surface area (Å²) in [5.41, 5.74) is 3.33. The summed E-state index contributed by atoms with van der Waals surface area (Å²) in [6, 6.07) is 10.4. The van der Waals surface area contributed by atoms with Crippen LogP contribution >= 0.6 is 0 Å². The van der Waals surface area contributed by atoms with Crippen molar-refractivity contribution in [3.05, 3.63) is 65.5 Å². The second kappa shape index (κ2) is 9.24. The van der Waals surface area contributed by atoms with Gasteiger partial charge >= 0.3 is 0 Å². The molecule has 29 heavy (non-hydrogen) atoms. The fourth-order valence-electron chi connectivity index (χ4n) is 3.52. The van der Waals surface area contributed by atoms with E-state index in [0.717, 1.165) is 49.0 Å². The maximum absolute atomic E-state index is 5.94. The summed E-state index contributed by atoms with van der Waals surface area (Å²) in [5, 5.41) is 7.60. The summed E-state index contributed by atoms with van der Waals surface area (Å²) in [5.74, 6) is 2.41. The van der Waals surface area contributed by atoms with E-state index in [2.05, 4.69) is 57.1 Å². The van der Waals surface area contributed by atoms with Crippen LogP contribution in [0.1, 0.15) is 48.6 Å². The summed E-state index contributed by atoms with van der Waals surface area (Å²) >= 11 is 0. The number of ether oxygens (including phenoxy) is 2. The minimum atomic E-state index is -0.0202. The molecule has 1 saturated heterocycles. The fourth-order valence-corrected chi connectivity index (χ4v) is 3.52. The molecule has 3 heterocycles. The zero-order valence-electron chi connectivity index (χ0n) is 17.1. The van der Waals surface area contributed by atoms with Crippen LogP contribution in [0, 0.1) is 0 Å². The number of rotatable bonds is 8. The van der Waals surface area contributed by atoms with Crippen molar-refractivity contribution >= 4 is 0 Å². The van der Waals surface area contributed by atoms with Crippen molar-refractivity contribution in [1.29, 1.82) is 0 Å². The van der Waals surface area contributed by atoms with E-state index in [4.69, 9.17) is 9.47 Å². The maximum atomic E-state index is 5.94. The van der Waals surface area contributed by atoms with E-state index in [0.29, 0.717) is 19.1 Å². The fraction of sp³-hybridized carbons (Fsp3) is 0.455. The summed E-state index contributed by atoms with van der Waals surface area (Å²) in [6.45, 7) is 8.20. The molecule has 0 aliphatic carbocycles. The van der Waals surface area contributed by atoms with Gasteiger partial charge in [-0.15, -0.1) is 0 Å². The van der Waals surface area contributed by atoms with Crippen molar-refractivity contribution in [2.24, 2.45) is 0 Å². The zero-order chi connectivity index (χ0) is 20.1. The van der Waals surface area contributed by atoms with Crippen LogP contribution < -0.4 is 4.74 Å². The minimum Gasteiger partial charge on any atom is -0.493 e. The standard InChI is InChI=1S/C22H29N5O2/c1-16(2)17-3-5-19(6-4-17)28-11-7-18-13-20(26-25-18)21-14-27(10-12-29-21)15-22-23-8-9-24-22/h3-6,8-9,13,16,21H,7,10-12,14-15H2,1-2H3,(H,23,24)(H,25,26)/t21-/m1/s1. The lowest BCUT2D eigenvalue weighted by Gasteiger charge is -2.31. The first-order valence-electron chi connectivity index (χ1n) is 10.3. The average Bonchev–Trinajstić information content (AvgIpc) is 3.41. The van der Waals surface area contributed by atoms with Gasteiger partial charge in [0.15, 0.2) is 0 Å². The van der Waals surface area contributed by atoms with Crippen LogP contribution in [0.5, 0.6) is 5.75 Å². The molecule has 1 aliphatic heterocycles. The third kappa shape index (κ3) is 5.25. The van der Waals surface area contributed by atoms with Gasteiger partial charge in [-0.05, 0) is 29.7 Å². The molecule has 1 atom stereocenters. The van der Waals surface area contributed by atoms with Crippen LogP contribution in [0.3, 0.4) is 0 Å². The normalized spacial score (nSPS) is 17.7. The number of hydrogen-bond donors (Lipinski definition) is 2. The quantitative estimate of drug-likeness (QED) is 0.611. The first kappa shape index (κ1) is 19.7. The first-order chi connectivity index (χ1) is 14.2. The number of aromatic nitrogens is 4. The van der Waals surface area contributed by atoms with Gasteiger partial charge in [0, 0.05) is 37.6 Å². The number of aromatic amines is 2. The Morgan fingerprint density at radius 1 is 1.28 bits per heavy atom. The molecule has 1 aromatic carbocycles. The first-order valence-corrected chi connectivity index (χ1v) is 10.3. The van der Waals surface area contributed by atoms with Gasteiger partial charge in [0.1, 0.15) is 17.7 Å². The molecular formula is C22H29N5O2. The number of imidazole rings is 1. The molecule has 1 aliphatic rings. The van der Waals surface area contributed by atoms with E-state index < -0.39 is 0 Å². The molecule has 0 amide bonds. The lowest BCUT2D eigenvalue weighted by molar-refractivity contribution is -0.0356. The maximum Gasteiger partial charge on any atom is 0.120 e. The molecule has 4 rings (SSSR count). The molecule has 2 aromatic heterocycles. The van der Waals surface area contributed by atoms with E-state index in [-0.39, 0.29) is 6.10 Å². The number of hydrogen-bond acceptors (Lipinski definition) is 5. The average molecular weight is 396 g/mol. The Balaban J connectivity index is 1.26. The molecular weight excluding hydrogens is 366 g/mol. The van der Waals surface area contributed by atoms with E-state index in [1.165, 1.54) is 5.56 Å². The monoisotopic (exact) mass is 395 g/mol. The van der Waals surface area contributed by atoms with E-state index >= 15 is 0 Å². The summed E-state index contributed by atoms with van der Waals surface area (Å²) in [7, 11) is 0. The third-order valence-corrected chi connectivity index (χ3v) is 5.25. The number of nitrogens with one attached hydrogen (secondary N) is 2. The third-order valence-electron chi connectivity index (χ3n) is 5.25. The molecule has 0 unspecified atom stereocenters. The zero-order valence-corrected chi connectivity index (χ0v) is 17.1. The molecule has 154 valence electrons. The van der Waals surface area contributed by atoms with Crippen molar-refractivity contribution in [3.8, 4) is 5.75 Å². The molecule has 0 radical (unpaired) electrons. The van der Waals surface area contributed by atoms with E-state index in [1.807, 2.05) is 18.3 Å². The molecule has 7 heteroatoms. The van der Waals surface area contributed by atoms with Crippen LogP contribution in [0.15, 0.2) is 42.7 Å². The van der Waals surface area contributed by atoms with Crippen LogP contribution in [0.25, 0.3) is 0 Å². The molecule has 0 spiro atoms. The molecule has 0 saturated carbocycles. The van der Waals surface area contributed by atoms with Crippen molar-refractivity contribution in [1.82, 2.24) is 25.1 Å². The molecule has 0 bridgehead atoms. The van der Waals surface area contributed by atoms with Crippen LogP contribution in [-0.4, -0.2) is 51.4 Å². The summed E-state index contributed by atoms with van der Waals surface area (Å²) in [6.07, 6.45) is 4.40. The highest BCUT2D eigenvalue weighted by atomic mass is 16.5. The van der Waals surface area contributed by atoms with Crippen molar-refractivity contribution in [2.45, 2.75) is 38.8 Å². The van der Waals surface area contributed by atoms with Gasteiger partial charge in [0.05, 0.1) is 25.5 Å². The Morgan fingerprint density at radius 3 is 2.90 bits per heavy atom. The Bertz CT molecular complexity index is 873. The van der Waals surface area contributed by atoms with Crippen LogP contribution in [0.2, 0.25) is 0 Å². The van der Waals surface area contributed by atoms with Gasteiger partial charge in [0.2, 0.25) is 0 Å². The summed E-state index contributed by atoms with van der Waals surface area (Å²) < 4.78 is 11.8. The molecule has 3 aromatic rings. The van der Waals surface area contributed by atoms with Gasteiger partial charge in [-0.2, -0.15) is 5.10 Å². The lowest BCUT2D eigenvalue weighted by atomic mass is 10.0. The highest BCUT2D eigenvalue weighted by Gasteiger charge is 2.24. The highest BCUT2D eigenvalue weighted by Crippen LogP contribution is 2.22. The number of morpholine rings is 1. The van der Waals surface area contributed by atoms with Gasteiger partial charge in [-0.3, -0.25) is 10.00 Å².